The highest BCUT2D eigenvalue weighted by atomic mass is 35.5. The van der Waals surface area contributed by atoms with Crippen LogP contribution in [-0.4, -0.2) is 40.1 Å². The zero-order valence-electron chi connectivity index (χ0n) is 15.2. The van der Waals surface area contributed by atoms with Gasteiger partial charge in [0.1, 0.15) is 17.9 Å². The maximum absolute atomic E-state index is 12.9. The molecule has 0 saturated carbocycles. The Balaban J connectivity index is 1.91. The lowest BCUT2D eigenvalue weighted by molar-refractivity contribution is -0.118. The van der Waals surface area contributed by atoms with Gasteiger partial charge >= 0.3 is 0 Å². The van der Waals surface area contributed by atoms with E-state index >= 15 is 0 Å². The van der Waals surface area contributed by atoms with Crippen molar-refractivity contribution in [3.05, 3.63) is 40.1 Å². The molecule has 0 saturated heterocycles. The van der Waals surface area contributed by atoms with Crippen molar-refractivity contribution in [3.8, 4) is 10.6 Å². The molecule has 0 N–H and O–H groups in total. The molecule has 0 radical (unpaired) electrons. The van der Waals surface area contributed by atoms with Crippen LogP contribution >= 0.6 is 22.9 Å². The summed E-state index contributed by atoms with van der Waals surface area (Å²) in [6.07, 6.45) is 2.63. The van der Waals surface area contributed by atoms with Gasteiger partial charge in [-0.2, -0.15) is 10.2 Å². The van der Waals surface area contributed by atoms with Crippen molar-refractivity contribution in [2.45, 2.75) is 20.4 Å². The number of amides is 1. The number of sulfonamides is 1. The fourth-order valence-electron chi connectivity index (χ4n) is 2.77. The lowest BCUT2D eigenvalue weighted by Crippen LogP contribution is -2.39. The van der Waals surface area contributed by atoms with Crippen LogP contribution in [0.4, 0.5) is 5.69 Å². The summed E-state index contributed by atoms with van der Waals surface area (Å²) in [6, 6.07) is 5.36. The van der Waals surface area contributed by atoms with Gasteiger partial charge in [0.25, 0.3) is 5.91 Å². The number of hydrogen-bond acceptors (Lipinski definition) is 6. The van der Waals surface area contributed by atoms with Crippen LogP contribution in [0.5, 0.6) is 0 Å². The summed E-state index contributed by atoms with van der Waals surface area (Å²) in [5, 5.41) is 8.55. The number of thiophene rings is 1. The highest BCUT2D eigenvalue weighted by molar-refractivity contribution is 7.92. The monoisotopic (exact) mass is 427 g/mol. The maximum atomic E-state index is 12.9. The fraction of sp³-hybridized carbons (Fsp3) is 0.312. The molecule has 0 aliphatic carbocycles. The number of anilines is 1. The number of rotatable bonds is 5. The van der Waals surface area contributed by atoms with Crippen LogP contribution in [0.25, 0.3) is 10.6 Å². The predicted molar refractivity (Wildman–Crippen MR) is 106 cm³/mol. The second-order valence-corrected chi connectivity index (χ2v) is 9.61. The smallest absolute Gasteiger partial charge is 0.262 e. The number of carbonyl (C=O) groups is 1. The zero-order valence-corrected chi connectivity index (χ0v) is 17.6. The molecule has 8 nitrogen and oxygen atoms in total. The minimum Gasteiger partial charge on any atom is -0.271 e. The first-order chi connectivity index (χ1) is 12.6. The minimum atomic E-state index is -3.84. The summed E-state index contributed by atoms with van der Waals surface area (Å²) in [4.78, 5) is 13.7. The molecular weight excluding hydrogens is 410 g/mol. The fourth-order valence-corrected chi connectivity index (χ4v) is 4.80. The van der Waals surface area contributed by atoms with Crippen LogP contribution in [0.15, 0.2) is 24.4 Å². The molecule has 0 spiro atoms. The van der Waals surface area contributed by atoms with Crippen molar-refractivity contribution in [2.75, 3.05) is 10.6 Å². The topological polar surface area (TPSA) is 90.1 Å². The van der Waals surface area contributed by atoms with Crippen LogP contribution in [0.1, 0.15) is 11.4 Å². The van der Waals surface area contributed by atoms with Crippen molar-refractivity contribution in [1.29, 1.82) is 0 Å². The summed E-state index contributed by atoms with van der Waals surface area (Å²) in [7, 11) is -2.14. The quantitative estimate of drug-likeness (QED) is 0.624. The first kappa shape index (κ1) is 19.6. The molecule has 3 heterocycles. The van der Waals surface area contributed by atoms with E-state index in [0.717, 1.165) is 15.4 Å². The molecule has 0 atom stereocenters. The van der Waals surface area contributed by atoms with E-state index in [0.29, 0.717) is 21.4 Å². The molecular formula is C16H18ClN5O3S2. The van der Waals surface area contributed by atoms with Gasteiger partial charge in [0.2, 0.25) is 10.0 Å². The lowest BCUT2D eigenvalue weighted by Gasteiger charge is -2.20. The Kier molecular flexibility index (Phi) is 5.15. The molecule has 0 aliphatic rings. The van der Waals surface area contributed by atoms with Crippen molar-refractivity contribution in [3.63, 3.8) is 0 Å². The normalized spacial score (nSPS) is 11.7. The minimum absolute atomic E-state index is 0.222. The van der Waals surface area contributed by atoms with Gasteiger partial charge < -0.3 is 0 Å². The molecule has 0 aliphatic heterocycles. The molecule has 3 aromatic heterocycles. The van der Waals surface area contributed by atoms with Gasteiger partial charge in [-0.1, -0.05) is 11.6 Å². The molecule has 27 heavy (non-hydrogen) atoms. The molecule has 0 bridgehead atoms. The first-order valence-electron chi connectivity index (χ1n) is 7.90. The molecule has 144 valence electrons. The number of aromatic nitrogens is 4. The average molecular weight is 428 g/mol. The van der Waals surface area contributed by atoms with E-state index in [-0.39, 0.29) is 12.2 Å². The Morgan fingerprint density at radius 2 is 1.96 bits per heavy atom. The molecule has 0 fully saturated rings. The van der Waals surface area contributed by atoms with Crippen molar-refractivity contribution in [2.24, 2.45) is 7.05 Å². The van der Waals surface area contributed by atoms with E-state index in [1.54, 1.807) is 43.9 Å². The van der Waals surface area contributed by atoms with Crippen LogP contribution in [0.2, 0.25) is 4.34 Å². The number of carbonyl (C=O) groups excluding carboxylic acids is 1. The van der Waals surface area contributed by atoms with Gasteiger partial charge in [0.15, 0.2) is 0 Å². The number of halogens is 1. The first-order valence-corrected chi connectivity index (χ1v) is 10.9. The molecule has 3 aromatic rings. The highest BCUT2D eigenvalue weighted by Gasteiger charge is 2.30. The Morgan fingerprint density at radius 3 is 2.48 bits per heavy atom. The average Bonchev–Trinajstić information content (AvgIpc) is 3.23. The highest BCUT2D eigenvalue weighted by Crippen LogP contribution is 2.30. The standard InChI is InChI=1S/C16H18ClN5O3S2/c1-10-16(11(2)20(3)18-10)22(27(4,24)25)15(23)9-21-8-7-12(19-21)13-5-6-14(17)26-13/h5-8H,9H2,1-4H3. The van der Waals surface area contributed by atoms with Gasteiger partial charge in [-0.15, -0.1) is 11.3 Å². The van der Waals surface area contributed by atoms with Gasteiger partial charge in [0.05, 0.1) is 26.9 Å². The third-order valence-electron chi connectivity index (χ3n) is 4.00. The number of nitrogens with zero attached hydrogens (tertiary/aromatic N) is 5. The van der Waals surface area contributed by atoms with Crippen molar-refractivity contribution < 1.29 is 13.2 Å². The van der Waals surface area contributed by atoms with E-state index in [9.17, 15) is 13.2 Å². The van der Waals surface area contributed by atoms with E-state index in [4.69, 9.17) is 11.6 Å². The third-order valence-corrected chi connectivity index (χ3v) is 6.30. The Bertz CT molecular complexity index is 1110. The molecule has 1 amide bonds. The molecule has 11 heteroatoms. The third kappa shape index (κ3) is 3.92. The van der Waals surface area contributed by atoms with Crippen molar-refractivity contribution in [1.82, 2.24) is 19.6 Å². The van der Waals surface area contributed by atoms with Gasteiger partial charge in [-0.3, -0.25) is 14.2 Å². The maximum Gasteiger partial charge on any atom is 0.262 e. The summed E-state index contributed by atoms with van der Waals surface area (Å²) >= 11 is 7.32. The summed E-state index contributed by atoms with van der Waals surface area (Å²) in [5.74, 6) is -0.615. The van der Waals surface area contributed by atoms with Crippen LogP contribution in [-0.2, 0) is 28.4 Å². The Hall–Kier alpha value is -2.17. The second-order valence-electron chi connectivity index (χ2n) is 6.07. The second kappa shape index (κ2) is 7.10. The van der Waals surface area contributed by atoms with Crippen LogP contribution in [0, 0.1) is 13.8 Å². The molecule has 0 aromatic carbocycles. The zero-order chi connectivity index (χ0) is 19.9. The summed E-state index contributed by atoms with van der Waals surface area (Å²) in [5.41, 5.74) is 1.99. The van der Waals surface area contributed by atoms with E-state index < -0.39 is 15.9 Å². The van der Waals surface area contributed by atoms with E-state index in [1.165, 1.54) is 16.0 Å². The summed E-state index contributed by atoms with van der Waals surface area (Å²) < 4.78 is 29.1. The van der Waals surface area contributed by atoms with Crippen LogP contribution in [0.3, 0.4) is 0 Å². The Labute approximate surface area is 166 Å². The lowest BCUT2D eigenvalue weighted by atomic mass is 10.3. The molecule has 3 rings (SSSR count). The van der Waals surface area contributed by atoms with Gasteiger partial charge in [-0.25, -0.2) is 12.7 Å². The van der Waals surface area contributed by atoms with Crippen LogP contribution < -0.4 is 4.31 Å². The van der Waals surface area contributed by atoms with Gasteiger partial charge in [-0.05, 0) is 32.0 Å². The van der Waals surface area contributed by atoms with Gasteiger partial charge in [0, 0.05) is 13.2 Å². The summed E-state index contributed by atoms with van der Waals surface area (Å²) in [6.45, 7) is 3.16. The number of aryl methyl sites for hydroxylation is 2. The largest absolute Gasteiger partial charge is 0.271 e. The molecule has 0 unspecified atom stereocenters. The van der Waals surface area contributed by atoms with E-state index in [1.807, 2.05) is 6.07 Å². The Morgan fingerprint density at radius 1 is 1.26 bits per heavy atom. The van der Waals surface area contributed by atoms with Crippen molar-refractivity contribution >= 4 is 44.6 Å². The number of hydrogen-bond donors (Lipinski definition) is 0. The SMILES string of the molecule is Cc1nn(C)c(C)c1N(C(=O)Cn1ccc(-c2ccc(Cl)s2)n1)S(C)(=O)=O. The van der Waals surface area contributed by atoms with E-state index in [2.05, 4.69) is 10.2 Å². The predicted octanol–water partition coefficient (Wildman–Crippen LogP) is 2.61.